The summed E-state index contributed by atoms with van der Waals surface area (Å²) in [6.07, 6.45) is 4.59. The van der Waals surface area contributed by atoms with Crippen LogP contribution >= 0.6 is 11.6 Å². The lowest BCUT2D eigenvalue weighted by atomic mass is 9.97. The van der Waals surface area contributed by atoms with E-state index >= 15 is 0 Å². The molecule has 3 aliphatic rings. The van der Waals surface area contributed by atoms with E-state index in [0.717, 1.165) is 54.9 Å². The number of ether oxygens (including phenoxy) is 1. The van der Waals surface area contributed by atoms with Gasteiger partial charge in [0, 0.05) is 75.0 Å². The van der Waals surface area contributed by atoms with Gasteiger partial charge in [0.15, 0.2) is 0 Å². The molecule has 2 fully saturated rings. The van der Waals surface area contributed by atoms with Gasteiger partial charge >= 0.3 is 0 Å². The average molecular weight is 510 g/mol. The molecule has 2 amide bonds. The third-order valence-electron chi connectivity index (χ3n) is 8.07. The first-order valence-electron chi connectivity index (χ1n) is 13.2. The topological polar surface area (TPSA) is 53.1 Å². The van der Waals surface area contributed by atoms with E-state index in [-0.39, 0.29) is 23.8 Å². The Balaban J connectivity index is 1.49. The van der Waals surface area contributed by atoms with Crippen LogP contribution in [-0.2, 0) is 27.4 Å². The molecule has 0 radical (unpaired) electrons. The molecule has 3 aliphatic heterocycles. The Morgan fingerprint density at radius 1 is 0.944 bits per heavy atom. The normalized spacial score (nSPS) is 23.7. The highest BCUT2D eigenvalue weighted by Gasteiger charge is 2.38. The van der Waals surface area contributed by atoms with Gasteiger partial charge < -0.3 is 14.5 Å². The first-order valence-corrected chi connectivity index (χ1v) is 13.6. The molecule has 0 unspecified atom stereocenters. The number of nitrogens with zero attached hydrogens (tertiary/aromatic N) is 3. The molecule has 5 rings (SSSR count). The van der Waals surface area contributed by atoms with Crippen LogP contribution in [0.2, 0.25) is 5.02 Å². The zero-order valence-electron chi connectivity index (χ0n) is 21.1. The van der Waals surface area contributed by atoms with Gasteiger partial charge in [-0.15, -0.1) is 0 Å². The highest BCUT2D eigenvalue weighted by Crippen LogP contribution is 2.33. The molecule has 2 bridgehead atoms. The molecule has 0 aromatic heterocycles. The minimum atomic E-state index is 0.00173. The number of benzene rings is 2. The summed E-state index contributed by atoms with van der Waals surface area (Å²) in [4.78, 5) is 33.2. The molecule has 2 atom stereocenters. The van der Waals surface area contributed by atoms with Gasteiger partial charge in [-0.1, -0.05) is 41.9 Å². The second kappa shape index (κ2) is 11.3. The lowest BCUT2D eigenvalue weighted by Crippen LogP contribution is -2.47. The Labute approximate surface area is 219 Å². The number of hydrogen-bond acceptors (Lipinski definition) is 4. The van der Waals surface area contributed by atoms with Crippen LogP contribution in [0.4, 0.5) is 5.69 Å². The Morgan fingerprint density at radius 3 is 2.42 bits per heavy atom. The molecule has 0 N–H and O–H groups in total. The van der Waals surface area contributed by atoms with Crippen molar-refractivity contribution < 1.29 is 14.3 Å². The van der Waals surface area contributed by atoms with Gasteiger partial charge in [0.2, 0.25) is 11.8 Å². The molecule has 36 heavy (non-hydrogen) atoms. The quantitative estimate of drug-likeness (QED) is 0.591. The van der Waals surface area contributed by atoms with Crippen LogP contribution < -0.4 is 4.90 Å². The van der Waals surface area contributed by atoms with Crippen molar-refractivity contribution in [3.63, 3.8) is 0 Å². The monoisotopic (exact) mass is 509 g/mol. The fourth-order valence-electron chi connectivity index (χ4n) is 6.11. The number of para-hydroxylation sites is 1. The maximum absolute atomic E-state index is 13.9. The fraction of sp³-hybridized carbons (Fsp3) is 0.517. The highest BCUT2D eigenvalue weighted by atomic mass is 35.5. The van der Waals surface area contributed by atoms with Gasteiger partial charge in [-0.05, 0) is 61.4 Å². The lowest BCUT2D eigenvalue weighted by molar-refractivity contribution is -0.140. The number of anilines is 1. The van der Waals surface area contributed by atoms with Crippen LogP contribution in [-0.4, -0.2) is 60.0 Å². The standard InChI is InChI=1S/C29H36ClN3O3/c1-21(34)32-15-12-26-10-11-27(33(26)18-22-6-8-25(30)9-7-22)20-31(19-24-4-2-3-5-28(24)32)29(35)23-13-16-36-17-14-23/h2-9,23,26-27H,10-20H2,1H3/t26-,27+/m1/s1. The van der Waals surface area contributed by atoms with Crippen LogP contribution in [0.3, 0.4) is 0 Å². The van der Waals surface area contributed by atoms with E-state index < -0.39 is 0 Å². The summed E-state index contributed by atoms with van der Waals surface area (Å²) in [6, 6.07) is 16.8. The van der Waals surface area contributed by atoms with E-state index in [1.807, 2.05) is 35.2 Å². The smallest absolute Gasteiger partial charge is 0.226 e. The van der Waals surface area contributed by atoms with Crippen molar-refractivity contribution in [2.24, 2.45) is 5.92 Å². The molecular weight excluding hydrogens is 474 g/mol. The average Bonchev–Trinajstić information content (AvgIpc) is 3.25. The number of amides is 2. The van der Waals surface area contributed by atoms with Crippen LogP contribution in [0.5, 0.6) is 0 Å². The predicted octanol–water partition coefficient (Wildman–Crippen LogP) is 4.89. The summed E-state index contributed by atoms with van der Waals surface area (Å²) < 4.78 is 5.54. The summed E-state index contributed by atoms with van der Waals surface area (Å²) in [5, 5.41) is 0.738. The second-order valence-corrected chi connectivity index (χ2v) is 10.8. The number of halogens is 1. The number of hydrogen-bond donors (Lipinski definition) is 0. The fourth-order valence-corrected chi connectivity index (χ4v) is 6.23. The van der Waals surface area contributed by atoms with Crippen molar-refractivity contribution in [3.05, 3.63) is 64.7 Å². The summed E-state index contributed by atoms with van der Waals surface area (Å²) in [7, 11) is 0. The van der Waals surface area contributed by atoms with E-state index in [0.29, 0.717) is 38.9 Å². The molecule has 192 valence electrons. The second-order valence-electron chi connectivity index (χ2n) is 10.4. The van der Waals surface area contributed by atoms with E-state index in [1.165, 1.54) is 5.56 Å². The Bertz CT molecular complexity index is 1070. The SMILES string of the molecule is CC(=O)N1CC[C@H]2CC[C@@H](CN(C(=O)C3CCOCC3)Cc3ccccc31)N2Cc1ccc(Cl)cc1. The highest BCUT2D eigenvalue weighted by molar-refractivity contribution is 6.30. The maximum atomic E-state index is 13.9. The summed E-state index contributed by atoms with van der Waals surface area (Å²) >= 11 is 6.14. The van der Waals surface area contributed by atoms with Gasteiger partial charge in [0.05, 0.1) is 0 Å². The predicted molar refractivity (Wildman–Crippen MR) is 142 cm³/mol. The maximum Gasteiger partial charge on any atom is 0.226 e. The lowest BCUT2D eigenvalue weighted by Gasteiger charge is -2.35. The molecule has 2 aromatic rings. The van der Waals surface area contributed by atoms with Gasteiger partial charge in [0.1, 0.15) is 0 Å². The largest absolute Gasteiger partial charge is 0.381 e. The molecule has 0 spiro atoms. The number of carbonyl (C=O) groups is 2. The molecule has 6 nitrogen and oxygen atoms in total. The van der Waals surface area contributed by atoms with E-state index in [1.54, 1.807) is 6.92 Å². The first kappa shape index (κ1) is 25.2. The Kier molecular flexibility index (Phi) is 7.94. The summed E-state index contributed by atoms with van der Waals surface area (Å²) in [5.74, 6) is 0.265. The molecule has 3 heterocycles. The van der Waals surface area contributed by atoms with Gasteiger partial charge in [-0.25, -0.2) is 0 Å². The van der Waals surface area contributed by atoms with Crippen LogP contribution in [0.1, 0.15) is 50.2 Å². The summed E-state index contributed by atoms with van der Waals surface area (Å²) in [5.41, 5.74) is 3.19. The third kappa shape index (κ3) is 5.61. The van der Waals surface area contributed by atoms with E-state index in [4.69, 9.17) is 16.3 Å². The molecule has 0 aliphatic carbocycles. The van der Waals surface area contributed by atoms with Gasteiger partial charge in [-0.3, -0.25) is 14.5 Å². The number of carbonyl (C=O) groups excluding carboxylic acids is 2. The van der Waals surface area contributed by atoms with Gasteiger partial charge in [0.25, 0.3) is 0 Å². The minimum absolute atomic E-state index is 0.00173. The third-order valence-corrected chi connectivity index (χ3v) is 8.32. The van der Waals surface area contributed by atoms with Crippen LogP contribution in [0.25, 0.3) is 0 Å². The molecule has 2 saturated heterocycles. The molecular formula is C29H36ClN3O3. The van der Waals surface area contributed by atoms with Crippen molar-refractivity contribution in [2.45, 2.75) is 64.2 Å². The van der Waals surface area contributed by atoms with Crippen molar-refractivity contribution in [1.29, 1.82) is 0 Å². The number of fused-ring (bicyclic) bond motifs is 3. The molecule has 7 heteroatoms. The van der Waals surface area contributed by atoms with Crippen molar-refractivity contribution in [3.8, 4) is 0 Å². The zero-order chi connectivity index (χ0) is 25.1. The minimum Gasteiger partial charge on any atom is -0.381 e. The van der Waals surface area contributed by atoms with Crippen molar-refractivity contribution in [1.82, 2.24) is 9.80 Å². The zero-order valence-corrected chi connectivity index (χ0v) is 21.8. The van der Waals surface area contributed by atoms with Crippen molar-refractivity contribution >= 4 is 29.1 Å². The first-order chi connectivity index (χ1) is 17.5. The Hall–Kier alpha value is -2.41. The van der Waals surface area contributed by atoms with Gasteiger partial charge in [-0.2, -0.15) is 0 Å². The molecule has 0 saturated carbocycles. The van der Waals surface area contributed by atoms with Crippen LogP contribution in [0.15, 0.2) is 48.5 Å². The van der Waals surface area contributed by atoms with E-state index in [2.05, 4.69) is 28.0 Å². The van der Waals surface area contributed by atoms with Crippen molar-refractivity contribution in [2.75, 3.05) is 31.2 Å². The summed E-state index contributed by atoms with van der Waals surface area (Å²) in [6.45, 7) is 5.65. The molecule has 2 aromatic carbocycles. The van der Waals surface area contributed by atoms with Crippen LogP contribution in [0, 0.1) is 5.92 Å². The number of rotatable bonds is 3. The van der Waals surface area contributed by atoms with E-state index in [9.17, 15) is 9.59 Å². The Morgan fingerprint density at radius 2 is 1.67 bits per heavy atom.